The van der Waals surface area contributed by atoms with Gasteiger partial charge in [0.05, 0.1) is 15.5 Å². The Labute approximate surface area is 130 Å². The molecule has 0 radical (unpaired) electrons. The van der Waals surface area contributed by atoms with Gasteiger partial charge in [0.15, 0.2) is 10.1 Å². The highest BCUT2D eigenvalue weighted by molar-refractivity contribution is 8.02. The summed E-state index contributed by atoms with van der Waals surface area (Å²) >= 11 is 3.02. The number of thiazole rings is 1. The molecule has 1 aromatic heterocycles. The van der Waals surface area contributed by atoms with Crippen LogP contribution in [0.15, 0.2) is 52.9 Å². The number of para-hydroxylation sites is 1. The standard InChI is InChI=1S/C16H12FNOS2/c1-10(15(19)11-6-8-12(17)9-7-11)20-16-18-13-4-2-3-5-14(13)21-16/h2-10H,1H3/t10-/m0/s1. The molecule has 2 aromatic carbocycles. The molecule has 0 saturated heterocycles. The first kappa shape index (κ1) is 14.2. The highest BCUT2D eigenvalue weighted by Crippen LogP contribution is 2.32. The summed E-state index contributed by atoms with van der Waals surface area (Å²) in [7, 11) is 0. The van der Waals surface area contributed by atoms with E-state index in [4.69, 9.17) is 0 Å². The summed E-state index contributed by atoms with van der Waals surface area (Å²) in [4.78, 5) is 16.8. The maximum absolute atomic E-state index is 12.9. The number of carbonyl (C=O) groups excluding carboxylic acids is 1. The van der Waals surface area contributed by atoms with Crippen LogP contribution >= 0.6 is 23.1 Å². The summed E-state index contributed by atoms with van der Waals surface area (Å²) in [6, 6.07) is 13.6. The number of rotatable bonds is 4. The largest absolute Gasteiger partial charge is 0.293 e. The summed E-state index contributed by atoms with van der Waals surface area (Å²) in [5.74, 6) is -0.350. The van der Waals surface area contributed by atoms with Crippen molar-refractivity contribution in [3.63, 3.8) is 0 Å². The highest BCUT2D eigenvalue weighted by atomic mass is 32.2. The van der Waals surface area contributed by atoms with E-state index in [-0.39, 0.29) is 16.9 Å². The number of halogens is 1. The Morgan fingerprint density at radius 1 is 1.19 bits per heavy atom. The fourth-order valence-electron chi connectivity index (χ4n) is 1.96. The number of thioether (sulfide) groups is 1. The molecule has 0 aliphatic heterocycles. The summed E-state index contributed by atoms with van der Waals surface area (Å²) < 4.78 is 14.9. The van der Waals surface area contributed by atoms with Gasteiger partial charge in [-0.2, -0.15) is 0 Å². The molecule has 2 nitrogen and oxygen atoms in total. The Morgan fingerprint density at radius 2 is 1.90 bits per heavy atom. The van der Waals surface area contributed by atoms with Gasteiger partial charge in [-0.1, -0.05) is 23.9 Å². The number of aromatic nitrogens is 1. The lowest BCUT2D eigenvalue weighted by atomic mass is 10.1. The Morgan fingerprint density at radius 3 is 2.62 bits per heavy atom. The van der Waals surface area contributed by atoms with Crippen molar-refractivity contribution >= 4 is 39.1 Å². The molecule has 0 aliphatic rings. The molecule has 0 N–H and O–H groups in total. The molecule has 21 heavy (non-hydrogen) atoms. The van der Waals surface area contributed by atoms with E-state index in [1.54, 1.807) is 11.3 Å². The number of ketones is 1. The average molecular weight is 317 g/mol. The molecule has 3 rings (SSSR count). The molecular formula is C16H12FNOS2. The molecule has 1 heterocycles. The molecule has 0 amide bonds. The Kier molecular flexibility index (Phi) is 4.03. The van der Waals surface area contributed by atoms with Gasteiger partial charge in [-0.15, -0.1) is 11.3 Å². The van der Waals surface area contributed by atoms with Crippen LogP contribution in [-0.2, 0) is 0 Å². The number of hydrogen-bond acceptors (Lipinski definition) is 4. The fourth-order valence-corrected chi connectivity index (χ4v) is 4.24. The predicted octanol–water partition coefficient (Wildman–Crippen LogP) is 4.80. The van der Waals surface area contributed by atoms with Gasteiger partial charge in [-0.3, -0.25) is 4.79 Å². The number of nitrogens with zero attached hydrogens (tertiary/aromatic N) is 1. The summed E-state index contributed by atoms with van der Waals surface area (Å²) in [6.45, 7) is 1.85. The zero-order chi connectivity index (χ0) is 14.8. The second kappa shape index (κ2) is 5.95. The van der Waals surface area contributed by atoms with Crippen LogP contribution in [0.25, 0.3) is 10.2 Å². The van der Waals surface area contributed by atoms with E-state index in [1.165, 1.54) is 36.0 Å². The molecule has 0 spiro atoms. The lowest BCUT2D eigenvalue weighted by molar-refractivity contribution is 0.0994. The fraction of sp³-hybridized carbons (Fsp3) is 0.125. The minimum absolute atomic E-state index is 0.0146. The zero-order valence-electron chi connectivity index (χ0n) is 11.2. The van der Waals surface area contributed by atoms with Crippen LogP contribution in [0.1, 0.15) is 17.3 Å². The van der Waals surface area contributed by atoms with Gasteiger partial charge in [0.1, 0.15) is 5.82 Å². The number of benzene rings is 2. The molecular weight excluding hydrogens is 305 g/mol. The van der Waals surface area contributed by atoms with Crippen LogP contribution in [0.3, 0.4) is 0 Å². The summed E-state index contributed by atoms with van der Waals surface area (Å²) in [6.07, 6.45) is 0. The van der Waals surface area contributed by atoms with Crippen LogP contribution in [0.5, 0.6) is 0 Å². The Bertz CT molecular complexity index is 749. The maximum atomic E-state index is 12.9. The third-order valence-corrected chi connectivity index (χ3v) is 5.28. The van der Waals surface area contributed by atoms with E-state index < -0.39 is 0 Å². The summed E-state index contributed by atoms with van der Waals surface area (Å²) in [5, 5.41) is -0.254. The molecule has 0 aliphatic carbocycles. The Balaban J connectivity index is 1.77. The smallest absolute Gasteiger partial charge is 0.175 e. The number of hydrogen-bond donors (Lipinski definition) is 0. The van der Waals surface area contributed by atoms with E-state index in [9.17, 15) is 9.18 Å². The van der Waals surface area contributed by atoms with E-state index >= 15 is 0 Å². The topological polar surface area (TPSA) is 30.0 Å². The van der Waals surface area contributed by atoms with E-state index in [1.807, 2.05) is 31.2 Å². The average Bonchev–Trinajstić information content (AvgIpc) is 2.89. The second-order valence-corrected chi connectivity index (χ2v) is 7.20. The van der Waals surface area contributed by atoms with Crippen molar-refractivity contribution < 1.29 is 9.18 Å². The van der Waals surface area contributed by atoms with Gasteiger partial charge in [0, 0.05) is 5.56 Å². The molecule has 3 aromatic rings. The molecule has 106 valence electrons. The number of carbonyl (C=O) groups is 1. The van der Waals surface area contributed by atoms with Crippen LogP contribution < -0.4 is 0 Å². The first-order chi connectivity index (χ1) is 10.1. The van der Waals surface area contributed by atoms with Gasteiger partial charge in [-0.05, 0) is 43.3 Å². The molecule has 5 heteroatoms. The Hall–Kier alpha value is -1.72. The van der Waals surface area contributed by atoms with Crippen molar-refractivity contribution in [3.8, 4) is 0 Å². The van der Waals surface area contributed by atoms with E-state index in [0.717, 1.165) is 14.6 Å². The van der Waals surface area contributed by atoms with Crippen molar-refractivity contribution in [2.24, 2.45) is 0 Å². The van der Waals surface area contributed by atoms with Gasteiger partial charge >= 0.3 is 0 Å². The molecule has 1 atom stereocenters. The van der Waals surface area contributed by atoms with Crippen molar-refractivity contribution in [1.29, 1.82) is 0 Å². The maximum Gasteiger partial charge on any atom is 0.175 e. The molecule has 0 saturated carbocycles. The van der Waals surface area contributed by atoms with Gasteiger partial charge in [0.25, 0.3) is 0 Å². The molecule has 0 bridgehead atoms. The van der Waals surface area contributed by atoms with E-state index in [0.29, 0.717) is 5.56 Å². The van der Waals surface area contributed by atoms with Gasteiger partial charge in [-0.25, -0.2) is 9.37 Å². The SMILES string of the molecule is C[C@H](Sc1nc2ccccc2s1)C(=O)c1ccc(F)cc1. The zero-order valence-corrected chi connectivity index (χ0v) is 12.9. The predicted molar refractivity (Wildman–Crippen MR) is 85.7 cm³/mol. The van der Waals surface area contributed by atoms with Crippen LogP contribution in [-0.4, -0.2) is 16.0 Å². The van der Waals surface area contributed by atoms with Crippen molar-refractivity contribution in [1.82, 2.24) is 4.98 Å². The van der Waals surface area contributed by atoms with Crippen LogP contribution in [0.4, 0.5) is 4.39 Å². The van der Waals surface area contributed by atoms with Crippen LogP contribution in [0.2, 0.25) is 0 Å². The lowest BCUT2D eigenvalue weighted by Gasteiger charge is -2.07. The summed E-state index contributed by atoms with van der Waals surface area (Å²) in [5.41, 5.74) is 1.48. The van der Waals surface area contributed by atoms with Crippen molar-refractivity contribution in [2.75, 3.05) is 0 Å². The van der Waals surface area contributed by atoms with Crippen LogP contribution in [0, 0.1) is 5.82 Å². The highest BCUT2D eigenvalue weighted by Gasteiger charge is 2.18. The molecule has 0 fully saturated rings. The van der Waals surface area contributed by atoms with Crippen molar-refractivity contribution in [2.45, 2.75) is 16.5 Å². The minimum atomic E-state index is -0.335. The first-order valence-corrected chi connectivity index (χ1v) is 8.15. The quantitative estimate of drug-likeness (QED) is 0.511. The number of Topliss-reactive ketones (excluding diaryl/α,β-unsaturated/α-hetero) is 1. The lowest BCUT2D eigenvalue weighted by Crippen LogP contribution is -2.13. The van der Waals surface area contributed by atoms with Gasteiger partial charge < -0.3 is 0 Å². The third kappa shape index (κ3) is 3.14. The normalized spacial score (nSPS) is 12.5. The number of fused-ring (bicyclic) bond motifs is 1. The van der Waals surface area contributed by atoms with Crippen molar-refractivity contribution in [3.05, 3.63) is 59.9 Å². The second-order valence-electron chi connectivity index (χ2n) is 4.58. The first-order valence-electron chi connectivity index (χ1n) is 6.45. The monoisotopic (exact) mass is 317 g/mol. The van der Waals surface area contributed by atoms with Gasteiger partial charge in [0.2, 0.25) is 0 Å². The molecule has 0 unspecified atom stereocenters. The third-order valence-electron chi connectivity index (χ3n) is 3.05. The minimum Gasteiger partial charge on any atom is -0.293 e. The van der Waals surface area contributed by atoms with E-state index in [2.05, 4.69) is 4.98 Å².